The number of aromatic amines is 1. The highest BCUT2D eigenvalue weighted by Crippen LogP contribution is 2.29. The van der Waals surface area contributed by atoms with E-state index < -0.39 is 6.09 Å². The Hall–Kier alpha value is -2.49. The second kappa shape index (κ2) is 3.52. The van der Waals surface area contributed by atoms with Crippen molar-refractivity contribution in [2.75, 3.05) is 5.32 Å². The SMILES string of the molecule is O=C(O)Nc1cccc2c1[nH]c1ccccc12. The summed E-state index contributed by atoms with van der Waals surface area (Å²) in [5.74, 6) is 0. The zero-order valence-corrected chi connectivity index (χ0v) is 8.90. The van der Waals surface area contributed by atoms with Crippen LogP contribution in [0.3, 0.4) is 0 Å². The summed E-state index contributed by atoms with van der Waals surface area (Å²) in [4.78, 5) is 13.9. The second-order valence-corrected chi connectivity index (χ2v) is 3.83. The molecule has 4 heteroatoms. The first-order chi connectivity index (χ1) is 8.25. The van der Waals surface area contributed by atoms with Gasteiger partial charge >= 0.3 is 6.09 Å². The molecule has 4 nitrogen and oxygen atoms in total. The zero-order valence-electron chi connectivity index (χ0n) is 8.90. The molecule has 1 aromatic heterocycles. The Morgan fingerprint density at radius 3 is 2.65 bits per heavy atom. The third-order valence-corrected chi connectivity index (χ3v) is 2.78. The van der Waals surface area contributed by atoms with Crippen molar-refractivity contribution < 1.29 is 9.90 Å². The normalized spacial score (nSPS) is 10.8. The van der Waals surface area contributed by atoms with Gasteiger partial charge in [-0.1, -0.05) is 30.3 Å². The van der Waals surface area contributed by atoms with Crippen LogP contribution in [0.5, 0.6) is 0 Å². The Morgan fingerprint density at radius 1 is 1.06 bits per heavy atom. The first kappa shape index (κ1) is 9.72. The molecule has 2 aromatic carbocycles. The third-order valence-electron chi connectivity index (χ3n) is 2.78. The van der Waals surface area contributed by atoms with Crippen LogP contribution in [0.15, 0.2) is 42.5 Å². The van der Waals surface area contributed by atoms with Crippen LogP contribution in [0.4, 0.5) is 10.5 Å². The van der Waals surface area contributed by atoms with Crippen molar-refractivity contribution >= 4 is 33.6 Å². The summed E-state index contributed by atoms with van der Waals surface area (Å²) in [7, 11) is 0. The molecule has 0 radical (unpaired) electrons. The average Bonchev–Trinajstić information content (AvgIpc) is 2.68. The molecule has 0 saturated carbocycles. The molecule has 3 aromatic rings. The van der Waals surface area contributed by atoms with Gasteiger partial charge in [-0.05, 0) is 12.1 Å². The molecule has 17 heavy (non-hydrogen) atoms. The van der Waals surface area contributed by atoms with Gasteiger partial charge in [0.2, 0.25) is 0 Å². The van der Waals surface area contributed by atoms with Crippen LogP contribution in [-0.2, 0) is 0 Å². The average molecular weight is 226 g/mol. The van der Waals surface area contributed by atoms with Crippen molar-refractivity contribution in [3.8, 4) is 0 Å². The molecule has 1 amide bonds. The number of rotatable bonds is 1. The minimum Gasteiger partial charge on any atom is -0.465 e. The Morgan fingerprint density at radius 2 is 1.82 bits per heavy atom. The fraction of sp³-hybridized carbons (Fsp3) is 0. The molecule has 0 saturated heterocycles. The monoisotopic (exact) mass is 226 g/mol. The number of amides is 1. The van der Waals surface area contributed by atoms with E-state index in [1.54, 1.807) is 6.07 Å². The number of benzene rings is 2. The Balaban J connectivity index is 2.35. The van der Waals surface area contributed by atoms with Gasteiger partial charge in [0.15, 0.2) is 0 Å². The molecule has 0 fully saturated rings. The lowest BCUT2D eigenvalue weighted by Crippen LogP contribution is -2.07. The first-order valence-electron chi connectivity index (χ1n) is 5.25. The van der Waals surface area contributed by atoms with Crippen LogP contribution in [0.2, 0.25) is 0 Å². The van der Waals surface area contributed by atoms with Crippen molar-refractivity contribution in [2.24, 2.45) is 0 Å². The minimum absolute atomic E-state index is 0.575. The molecule has 3 rings (SSSR count). The van der Waals surface area contributed by atoms with E-state index in [0.717, 1.165) is 21.8 Å². The van der Waals surface area contributed by atoms with E-state index in [1.165, 1.54) is 0 Å². The number of carboxylic acid groups (broad SMARTS) is 1. The number of hydrogen-bond donors (Lipinski definition) is 3. The molecular formula is C13H10N2O2. The van der Waals surface area contributed by atoms with Gasteiger partial charge in [0, 0.05) is 16.3 Å². The fourth-order valence-corrected chi connectivity index (χ4v) is 2.09. The number of aromatic nitrogens is 1. The van der Waals surface area contributed by atoms with Crippen LogP contribution in [-0.4, -0.2) is 16.2 Å². The van der Waals surface area contributed by atoms with Crippen molar-refractivity contribution in [1.82, 2.24) is 4.98 Å². The molecule has 84 valence electrons. The highest BCUT2D eigenvalue weighted by atomic mass is 16.4. The molecule has 0 bridgehead atoms. The van der Waals surface area contributed by atoms with Crippen LogP contribution >= 0.6 is 0 Å². The summed E-state index contributed by atoms with van der Waals surface area (Å²) in [5, 5.41) is 13.3. The van der Waals surface area contributed by atoms with Crippen LogP contribution in [0, 0.1) is 0 Å². The molecular weight excluding hydrogens is 216 g/mol. The quantitative estimate of drug-likeness (QED) is 0.595. The van der Waals surface area contributed by atoms with Crippen molar-refractivity contribution in [3.63, 3.8) is 0 Å². The van der Waals surface area contributed by atoms with Gasteiger partial charge in [-0.3, -0.25) is 5.32 Å². The predicted octanol–water partition coefficient (Wildman–Crippen LogP) is 3.41. The first-order valence-corrected chi connectivity index (χ1v) is 5.25. The summed E-state index contributed by atoms with van der Waals surface area (Å²) >= 11 is 0. The number of carbonyl (C=O) groups is 1. The standard InChI is InChI=1S/C13H10N2O2/c16-13(17)15-11-7-3-5-9-8-4-1-2-6-10(8)14-12(9)11/h1-7,14-15H,(H,16,17). The largest absolute Gasteiger partial charge is 0.465 e. The lowest BCUT2D eigenvalue weighted by molar-refractivity contribution is 0.210. The summed E-state index contributed by atoms with van der Waals surface area (Å²) in [6.07, 6.45) is -1.06. The highest BCUT2D eigenvalue weighted by molar-refractivity contribution is 6.12. The van der Waals surface area contributed by atoms with Gasteiger partial charge in [0.25, 0.3) is 0 Å². The molecule has 0 aliphatic carbocycles. The Bertz CT molecular complexity index is 716. The number of H-pyrrole nitrogens is 1. The predicted molar refractivity (Wildman–Crippen MR) is 67.5 cm³/mol. The maximum absolute atomic E-state index is 10.7. The lowest BCUT2D eigenvalue weighted by Gasteiger charge is -2.01. The number of nitrogens with one attached hydrogen (secondary N) is 2. The summed E-state index contributed by atoms with van der Waals surface area (Å²) in [5.41, 5.74) is 2.39. The Labute approximate surface area is 96.9 Å². The maximum Gasteiger partial charge on any atom is 0.409 e. The molecule has 1 heterocycles. The number of hydrogen-bond acceptors (Lipinski definition) is 1. The summed E-state index contributed by atoms with van der Waals surface area (Å²) < 4.78 is 0. The second-order valence-electron chi connectivity index (χ2n) is 3.83. The van der Waals surface area contributed by atoms with Gasteiger partial charge in [0.1, 0.15) is 0 Å². The molecule has 0 aliphatic heterocycles. The number of anilines is 1. The maximum atomic E-state index is 10.7. The van der Waals surface area contributed by atoms with Gasteiger partial charge in [0.05, 0.1) is 11.2 Å². The van der Waals surface area contributed by atoms with E-state index in [0.29, 0.717) is 5.69 Å². The van der Waals surface area contributed by atoms with Crippen molar-refractivity contribution in [1.29, 1.82) is 0 Å². The fourth-order valence-electron chi connectivity index (χ4n) is 2.09. The van der Waals surface area contributed by atoms with Crippen molar-refractivity contribution in [3.05, 3.63) is 42.5 Å². The van der Waals surface area contributed by atoms with Gasteiger partial charge in [-0.15, -0.1) is 0 Å². The van der Waals surface area contributed by atoms with Crippen LogP contribution < -0.4 is 5.32 Å². The smallest absolute Gasteiger partial charge is 0.409 e. The minimum atomic E-state index is -1.06. The van der Waals surface area contributed by atoms with E-state index in [2.05, 4.69) is 10.3 Å². The van der Waals surface area contributed by atoms with E-state index >= 15 is 0 Å². The van der Waals surface area contributed by atoms with Crippen LogP contribution in [0.1, 0.15) is 0 Å². The number of para-hydroxylation sites is 2. The van der Waals surface area contributed by atoms with E-state index in [-0.39, 0.29) is 0 Å². The summed E-state index contributed by atoms with van der Waals surface area (Å²) in [6, 6.07) is 13.5. The van der Waals surface area contributed by atoms with Crippen LogP contribution in [0.25, 0.3) is 21.8 Å². The molecule has 0 unspecified atom stereocenters. The molecule has 3 N–H and O–H groups in total. The third kappa shape index (κ3) is 1.50. The van der Waals surface area contributed by atoms with Gasteiger partial charge in [-0.2, -0.15) is 0 Å². The Kier molecular flexibility index (Phi) is 2.01. The van der Waals surface area contributed by atoms with E-state index in [4.69, 9.17) is 5.11 Å². The molecule has 0 aliphatic rings. The zero-order chi connectivity index (χ0) is 11.8. The van der Waals surface area contributed by atoms with Gasteiger partial charge in [-0.25, -0.2) is 4.79 Å². The lowest BCUT2D eigenvalue weighted by atomic mass is 10.1. The molecule has 0 spiro atoms. The molecule has 0 atom stereocenters. The van der Waals surface area contributed by atoms with Gasteiger partial charge < -0.3 is 10.1 Å². The topological polar surface area (TPSA) is 65.1 Å². The highest BCUT2D eigenvalue weighted by Gasteiger charge is 2.08. The number of fused-ring (bicyclic) bond motifs is 3. The van der Waals surface area contributed by atoms with Crippen molar-refractivity contribution in [2.45, 2.75) is 0 Å². The summed E-state index contributed by atoms with van der Waals surface area (Å²) in [6.45, 7) is 0. The van der Waals surface area contributed by atoms with E-state index in [9.17, 15) is 4.79 Å². The van der Waals surface area contributed by atoms with E-state index in [1.807, 2.05) is 36.4 Å².